The minimum atomic E-state index is -0.503. The Morgan fingerprint density at radius 3 is 2.68 bits per heavy atom. The molecule has 0 bridgehead atoms. The first kappa shape index (κ1) is 17.7. The minimum Gasteiger partial charge on any atom is -0.508 e. The van der Waals surface area contributed by atoms with Crippen molar-refractivity contribution in [2.75, 3.05) is 19.1 Å². The van der Waals surface area contributed by atoms with Gasteiger partial charge in [-0.2, -0.15) is 0 Å². The third kappa shape index (κ3) is 3.63. The van der Waals surface area contributed by atoms with Gasteiger partial charge >= 0.3 is 0 Å². The first-order chi connectivity index (χ1) is 12.0. The Hall–Kier alpha value is -2.09. The average molecular weight is 379 g/mol. The maximum Gasteiger partial charge on any atom is 0.227 e. The molecule has 1 aromatic carbocycles. The van der Waals surface area contributed by atoms with Crippen LogP contribution in [0.25, 0.3) is 0 Å². The molecule has 3 rings (SSSR count). The molecule has 0 aliphatic rings. The Labute approximate surface area is 155 Å². The number of hydrogen-bond acceptors (Lipinski definition) is 6. The van der Waals surface area contributed by atoms with Crippen molar-refractivity contribution in [3.05, 3.63) is 57.0 Å². The molecular weight excluding hydrogens is 360 g/mol. The number of rotatable bonds is 6. The minimum absolute atomic E-state index is 0.167. The summed E-state index contributed by atoms with van der Waals surface area (Å²) in [5.74, 6) is 1.49. The lowest BCUT2D eigenvalue weighted by molar-refractivity contribution is 0.124. The van der Waals surface area contributed by atoms with E-state index in [-0.39, 0.29) is 5.75 Å². The Bertz CT molecular complexity index is 864. The maximum atomic E-state index is 10.1. The Morgan fingerprint density at radius 1 is 1.28 bits per heavy atom. The van der Waals surface area contributed by atoms with Gasteiger partial charge in [0, 0.05) is 31.6 Å². The van der Waals surface area contributed by atoms with E-state index in [1.54, 1.807) is 30.6 Å². The summed E-state index contributed by atoms with van der Waals surface area (Å²) in [6, 6.07) is 11.0. The van der Waals surface area contributed by atoms with Gasteiger partial charge in [0.05, 0.1) is 10.9 Å². The summed E-state index contributed by atoms with van der Waals surface area (Å²) in [6.07, 6.45) is -0.503. The molecule has 0 radical (unpaired) electrons. The predicted octanol–water partition coefficient (Wildman–Crippen LogP) is 3.61. The number of halogens is 1. The molecule has 132 valence electrons. The summed E-state index contributed by atoms with van der Waals surface area (Å²) in [5.41, 5.74) is 0.653. The Kier molecular flexibility index (Phi) is 5.27. The first-order valence-electron chi connectivity index (χ1n) is 7.66. The Morgan fingerprint density at radius 2 is 2.04 bits per heavy atom. The fourth-order valence-corrected chi connectivity index (χ4v) is 3.86. The highest BCUT2D eigenvalue weighted by Gasteiger charge is 2.24. The largest absolute Gasteiger partial charge is 0.508 e. The number of ether oxygens (including phenoxy) is 1. The molecule has 0 saturated heterocycles. The zero-order chi connectivity index (χ0) is 18.0. The molecule has 25 heavy (non-hydrogen) atoms. The fraction of sp³-hybridized carbons (Fsp3) is 0.294. The van der Waals surface area contributed by atoms with E-state index in [0.717, 1.165) is 9.21 Å². The van der Waals surface area contributed by atoms with Crippen LogP contribution in [0, 0.1) is 0 Å². The molecule has 3 aromatic rings. The van der Waals surface area contributed by atoms with Gasteiger partial charge in [0.25, 0.3) is 0 Å². The van der Waals surface area contributed by atoms with Gasteiger partial charge in [-0.25, -0.2) is 0 Å². The number of nitrogens with zero attached hydrogens (tertiary/aromatic N) is 4. The average Bonchev–Trinajstić information content (AvgIpc) is 3.16. The number of benzene rings is 1. The summed E-state index contributed by atoms with van der Waals surface area (Å²) < 4.78 is 8.22. The van der Waals surface area contributed by atoms with E-state index < -0.39 is 6.10 Å². The molecule has 6 nitrogen and oxygen atoms in total. The van der Waals surface area contributed by atoms with E-state index >= 15 is 0 Å². The quantitative estimate of drug-likeness (QED) is 0.709. The van der Waals surface area contributed by atoms with E-state index in [1.807, 2.05) is 47.8 Å². The van der Waals surface area contributed by atoms with E-state index in [2.05, 4.69) is 10.2 Å². The molecule has 2 heterocycles. The van der Waals surface area contributed by atoms with Gasteiger partial charge in [0.15, 0.2) is 5.82 Å². The number of aromatic nitrogens is 3. The van der Waals surface area contributed by atoms with Crippen molar-refractivity contribution in [1.29, 1.82) is 0 Å². The summed E-state index contributed by atoms with van der Waals surface area (Å²) in [4.78, 5) is 3.14. The smallest absolute Gasteiger partial charge is 0.227 e. The molecule has 0 spiro atoms. The van der Waals surface area contributed by atoms with E-state index in [9.17, 15) is 5.11 Å². The zero-order valence-corrected chi connectivity index (χ0v) is 15.8. The number of anilines is 1. The van der Waals surface area contributed by atoms with Crippen LogP contribution in [0.15, 0.2) is 36.4 Å². The molecule has 2 aromatic heterocycles. The number of thiophene rings is 1. The van der Waals surface area contributed by atoms with Crippen molar-refractivity contribution in [2.45, 2.75) is 12.6 Å². The van der Waals surface area contributed by atoms with Gasteiger partial charge in [0.2, 0.25) is 5.95 Å². The van der Waals surface area contributed by atoms with Crippen molar-refractivity contribution >= 4 is 28.9 Å². The predicted molar refractivity (Wildman–Crippen MR) is 99.4 cm³/mol. The molecule has 0 aliphatic carbocycles. The molecule has 1 unspecified atom stereocenters. The van der Waals surface area contributed by atoms with Crippen LogP contribution in [0.2, 0.25) is 4.34 Å². The van der Waals surface area contributed by atoms with Gasteiger partial charge in [-0.3, -0.25) is 4.57 Å². The monoisotopic (exact) mass is 378 g/mol. The highest BCUT2D eigenvalue weighted by molar-refractivity contribution is 7.16. The third-order valence-corrected chi connectivity index (χ3v) is 5.15. The third-order valence-electron chi connectivity index (χ3n) is 3.94. The molecule has 0 saturated carbocycles. The van der Waals surface area contributed by atoms with E-state index in [4.69, 9.17) is 16.3 Å². The van der Waals surface area contributed by atoms with Crippen LogP contribution in [0.4, 0.5) is 5.95 Å². The lowest BCUT2D eigenvalue weighted by atomic mass is 10.1. The van der Waals surface area contributed by atoms with Gasteiger partial charge in [0.1, 0.15) is 11.9 Å². The SMILES string of the molecule is COC(c1ccccc1O)c1nnc(N(C)Cc2ccc(Cl)s2)n1C. The summed E-state index contributed by atoms with van der Waals surface area (Å²) >= 11 is 7.54. The normalized spacial score (nSPS) is 12.3. The molecule has 8 heteroatoms. The fourth-order valence-electron chi connectivity index (χ4n) is 2.72. The van der Waals surface area contributed by atoms with Crippen LogP contribution in [0.1, 0.15) is 22.4 Å². The highest BCUT2D eigenvalue weighted by Crippen LogP contribution is 2.32. The highest BCUT2D eigenvalue weighted by atomic mass is 35.5. The topological polar surface area (TPSA) is 63.4 Å². The molecule has 0 fully saturated rings. The summed E-state index contributed by atoms with van der Waals surface area (Å²) in [7, 11) is 5.42. The first-order valence-corrected chi connectivity index (χ1v) is 8.86. The van der Waals surface area contributed by atoms with Gasteiger partial charge < -0.3 is 14.7 Å². The molecule has 1 N–H and O–H groups in total. The Balaban J connectivity index is 1.88. The van der Waals surface area contributed by atoms with Gasteiger partial charge in [-0.1, -0.05) is 29.8 Å². The number of phenols is 1. The molecule has 1 atom stereocenters. The van der Waals surface area contributed by atoms with Crippen molar-refractivity contribution < 1.29 is 9.84 Å². The molecular formula is C17H19ClN4O2S. The van der Waals surface area contributed by atoms with Crippen LogP contribution < -0.4 is 4.90 Å². The second-order valence-corrected chi connectivity index (χ2v) is 7.45. The number of hydrogen-bond donors (Lipinski definition) is 1. The van der Waals surface area contributed by atoms with Crippen molar-refractivity contribution in [3.63, 3.8) is 0 Å². The molecule has 0 amide bonds. The van der Waals surface area contributed by atoms with E-state index in [1.165, 1.54) is 0 Å². The van der Waals surface area contributed by atoms with Gasteiger partial charge in [-0.15, -0.1) is 21.5 Å². The number of para-hydroxylation sites is 1. The van der Waals surface area contributed by atoms with Crippen LogP contribution in [0.3, 0.4) is 0 Å². The molecule has 0 aliphatic heterocycles. The van der Waals surface area contributed by atoms with E-state index in [0.29, 0.717) is 23.9 Å². The number of methoxy groups -OCH3 is 1. The van der Waals surface area contributed by atoms with Crippen molar-refractivity contribution in [3.8, 4) is 5.75 Å². The van der Waals surface area contributed by atoms with Gasteiger partial charge in [-0.05, 0) is 18.2 Å². The number of aromatic hydroxyl groups is 1. The van der Waals surface area contributed by atoms with Crippen LogP contribution in [0.5, 0.6) is 5.75 Å². The van der Waals surface area contributed by atoms with Crippen LogP contribution >= 0.6 is 22.9 Å². The lowest BCUT2D eigenvalue weighted by Gasteiger charge is -2.19. The zero-order valence-electron chi connectivity index (χ0n) is 14.2. The van der Waals surface area contributed by atoms with Crippen LogP contribution in [-0.4, -0.2) is 34.0 Å². The number of phenolic OH excluding ortho intramolecular Hbond substituents is 1. The standard InChI is InChI=1S/C17H19ClN4O2S/c1-21(10-11-8-9-14(18)25-11)17-20-19-16(22(17)2)15(24-3)12-6-4-5-7-13(12)23/h4-9,15,23H,10H2,1-3H3. The second kappa shape index (κ2) is 7.43. The summed E-state index contributed by atoms with van der Waals surface area (Å²) in [6.45, 7) is 0.678. The van der Waals surface area contributed by atoms with Crippen molar-refractivity contribution in [1.82, 2.24) is 14.8 Å². The maximum absolute atomic E-state index is 10.1. The summed E-state index contributed by atoms with van der Waals surface area (Å²) in [5, 5.41) is 18.7. The lowest BCUT2D eigenvalue weighted by Crippen LogP contribution is -2.20. The van der Waals surface area contributed by atoms with Crippen LogP contribution in [-0.2, 0) is 18.3 Å². The van der Waals surface area contributed by atoms with Crippen molar-refractivity contribution in [2.24, 2.45) is 7.05 Å². The second-order valence-electron chi connectivity index (χ2n) is 5.65.